The first-order valence-electron chi connectivity index (χ1n) is 9.96. The van der Waals surface area contributed by atoms with Crippen LogP contribution in [0.25, 0.3) is 0 Å². The number of anilines is 1. The Balaban J connectivity index is 1.79. The smallest absolute Gasteiger partial charge is 0.251 e. The molecule has 1 aliphatic rings. The molecule has 0 bridgehead atoms. The first kappa shape index (κ1) is 21.3. The lowest BCUT2D eigenvalue weighted by Gasteiger charge is -2.36. The van der Waals surface area contributed by atoms with Gasteiger partial charge in [-0.15, -0.1) is 0 Å². The summed E-state index contributed by atoms with van der Waals surface area (Å²) in [5.74, 6) is -0.248. The molecular weight excluding hydrogens is 386 g/mol. The number of benzene rings is 2. The first-order valence-corrected chi connectivity index (χ1v) is 11.4. The van der Waals surface area contributed by atoms with E-state index in [1.54, 1.807) is 12.1 Å². The van der Waals surface area contributed by atoms with Gasteiger partial charge in [0.15, 0.2) is 0 Å². The second-order valence-corrected chi connectivity index (χ2v) is 9.38. The van der Waals surface area contributed by atoms with Crippen molar-refractivity contribution in [2.45, 2.75) is 32.6 Å². The predicted octanol–water partition coefficient (Wildman–Crippen LogP) is 2.87. The number of piperazine rings is 1. The monoisotopic (exact) mass is 415 g/mol. The summed E-state index contributed by atoms with van der Waals surface area (Å²) in [6, 6.07) is 11.0. The van der Waals surface area contributed by atoms with Gasteiger partial charge in [-0.25, -0.2) is 8.42 Å². The van der Waals surface area contributed by atoms with Gasteiger partial charge in [0, 0.05) is 44.0 Å². The third-order valence-corrected chi connectivity index (χ3v) is 7.48. The number of amides is 1. The van der Waals surface area contributed by atoms with Crippen molar-refractivity contribution in [2.24, 2.45) is 0 Å². The second-order valence-electron chi connectivity index (χ2n) is 7.45. The van der Waals surface area contributed by atoms with Gasteiger partial charge in [0.25, 0.3) is 5.91 Å². The van der Waals surface area contributed by atoms with Crippen LogP contribution in [0.3, 0.4) is 0 Å². The lowest BCUT2D eigenvalue weighted by molar-refractivity contribution is 0.0955. The highest BCUT2D eigenvalue weighted by Gasteiger charge is 2.29. The Hall–Kier alpha value is -2.38. The molecule has 6 nitrogen and oxygen atoms in total. The van der Waals surface area contributed by atoms with E-state index in [1.807, 2.05) is 19.9 Å². The fourth-order valence-electron chi connectivity index (χ4n) is 3.66. The molecule has 1 N–H and O–H groups in total. The van der Waals surface area contributed by atoms with Gasteiger partial charge < -0.3 is 10.2 Å². The Bertz CT molecular complexity index is 1010. The molecule has 0 spiro atoms. The predicted molar refractivity (Wildman–Crippen MR) is 116 cm³/mol. The van der Waals surface area contributed by atoms with Crippen molar-refractivity contribution >= 4 is 21.6 Å². The normalized spacial score (nSPS) is 15.4. The highest BCUT2D eigenvalue weighted by atomic mass is 32.2. The van der Waals surface area contributed by atoms with Crippen LogP contribution in [-0.4, -0.2) is 51.4 Å². The Morgan fingerprint density at radius 1 is 1.00 bits per heavy atom. The van der Waals surface area contributed by atoms with E-state index in [2.05, 4.69) is 36.2 Å². The summed E-state index contributed by atoms with van der Waals surface area (Å²) in [5, 5.41) is 2.74. The molecule has 1 heterocycles. The van der Waals surface area contributed by atoms with E-state index in [4.69, 9.17) is 0 Å². The number of hydrogen-bond acceptors (Lipinski definition) is 4. The molecule has 0 atom stereocenters. The number of nitrogens with one attached hydrogen (secondary N) is 1. The average Bonchev–Trinajstić information content (AvgIpc) is 2.70. The number of sulfonamides is 1. The molecule has 0 saturated carbocycles. The zero-order valence-corrected chi connectivity index (χ0v) is 18.3. The Labute approximate surface area is 173 Å². The molecule has 1 saturated heterocycles. The molecule has 156 valence electrons. The first-order chi connectivity index (χ1) is 13.8. The minimum absolute atomic E-state index is 0.171. The van der Waals surface area contributed by atoms with Crippen LogP contribution >= 0.6 is 0 Å². The summed E-state index contributed by atoms with van der Waals surface area (Å²) in [4.78, 5) is 14.7. The van der Waals surface area contributed by atoms with Crippen LogP contribution in [0.15, 0.2) is 41.3 Å². The summed E-state index contributed by atoms with van der Waals surface area (Å²) in [6.45, 7) is 10.4. The van der Waals surface area contributed by atoms with Gasteiger partial charge in [-0.2, -0.15) is 4.31 Å². The number of rotatable bonds is 5. The number of carbonyl (C=O) groups excluding carboxylic acids is 1. The van der Waals surface area contributed by atoms with Crippen molar-refractivity contribution in [2.75, 3.05) is 37.6 Å². The molecule has 2 aromatic carbocycles. The standard InChI is InChI=1S/C22H29N3O3S/c1-5-23-22(26)20-15-19(10-9-17(20)3)29(27,28)25-13-11-24(12-14-25)21-8-6-7-16(2)18(21)4/h6-10,15H,5,11-14H2,1-4H3,(H,23,26). The summed E-state index contributed by atoms with van der Waals surface area (Å²) in [5.41, 5.74) is 4.79. The second kappa shape index (κ2) is 8.55. The van der Waals surface area contributed by atoms with Gasteiger partial charge in [0.1, 0.15) is 0 Å². The molecule has 2 aromatic rings. The van der Waals surface area contributed by atoms with Gasteiger partial charge in [-0.05, 0) is 62.6 Å². The molecule has 0 aliphatic carbocycles. The Morgan fingerprint density at radius 2 is 1.69 bits per heavy atom. The molecule has 1 amide bonds. The molecule has 0 unspecified atom stereocenters. The zero-order chi connectivity index (χ0) is 21.2. The maximum absolute atomic E-state index is 13.2. The van der Waals surface area contributed by atoms with Gasteiger partial charge in [-0.1, -0.05) is 18.2 Å². The van der Waals surface area contributed by atoms with E-state index in [0.29, 0.717) is 38.3 Å². The molecule has 1 aliphatic heterocycles. The van der Waals surface area contributed by atoms with Crippen LogP contribution in [0, 0.1) is 20.8 Å². The van der Waals surface area contributed by atoms with E-state index >= 15 is 0 Å². The highest BCUT2D eigenvalue weighted by Crippen LogP contribution is 2.26. The van der Waals surface area contributed by atoms with Crippen LogP contribution < -0.4 is 10.2 Å². The average molecular weight is 416 g/mol. The van der Waals surface area contributed by atoms with Crippen LogP contribution in [0.5, 0.6) is 0 Å². The number of carbonyl (C=O) groups is 1. The lowest BCUT2D eigenvalue weighted by atomic mass is 10.1. The van der Waals surface area contributed by atoms with E-state index in [9.17, 15) is 13.2 Å². The molecule has 0 aromatic heterocycles. The van der Waals surface area contributed by atoms with Crippen molar-refractivity contribution < 1.29 is 13.2 Å². The van der Waals surface area contributed by atoms with Crippen molar-refractivity contribution in [3.05, 3.63) is 58.7 Å². The number of nitrogens with zero attached hydrogens (tertiary/aromatic N) is 2. The van der Waals surface area contributed by atoms with E-state index in [1.165, 1.54) is 21.5 Å². The Kier molecular flexibility index (Phi) is 6.29. The molecule has 0 radical (unpaired) electrons. The van der Waals surface area contributed by atoms with Crippen LogP contribution in [0.4, 0.5) is 5.69 Å². The highest BCUT2D eigenvalue weighted by molar-refractivity contribution is 7.89. The third kappa shape index (κ3) is 4.31. The molecule has 7 heteroatoms. The Morgan fingerprint density at radius 3 is 2.34 bits per heavy atom. The van der Waals surface area contributed by atoms with Crippen molar-refractivity contribution in [1.29, 1.82) is 0 Å². The fourth-order valence-corrected chi connectivity index (χ4v) is 5.11. The van der Waals surface area contributed by atoms with Crippen molar-refractivity contribution in [3.63, 3.8) is 0 Å². The number of hydrogen-bond donors (Lipinski definition) is 1. The van der Waals surface area contributed by atoms with Crippen molar-refractivity contribution in [1.82, 2.24) is 9.62 Å². The molecule has 1 fully saturated rings. The minimum atomic E-state index is -3.65. The summed E-state index contributed by atoms with van der Waals surface area (Å²) in [6.07, 6.45) is 0. The quantitative estimate of drug-likeness (QED) is 0.815. The molecular formula is C22H29N3O3S. The van der Waals surface area contributed by atoms with Gasteiger partial charge in [0.2, 0.25) is 10.0 Å². The number of aryl methyl sites for hydroxylation is 2. The summed E-state index contributed by atoms with van der Waals surface area (Å²) >= 11 is 0. The maximum atomic E-state index is 13.2. The van der Waals surface area contributed by atoms with Crippen LogP contribution in [-0.2, 0) is 10.0 Å². The minimum Gasteiger partial charge on any atom is -0.369 e. The van der Waals surface area contributed by atoms with Gasteiger partial charge in [-0.3, -0.25) is 4.79 Å². The van der Waals surface area contributed by atoms with E-state index in [-0.39, 0.29) is 10.8 Å². The summed E-state index contributed by atoms with van der Waals surface area (Å²) in [7, 11) is -3.65. The fraction of sp³-hybridized carbons (Fsp3) is 0.409. The van der Waals surface area contributed by atoms with Gasteiger partial charge in [0.05, 0.1) is 4.90 Å². The van der Waals surface area contributed by atoms with E-state index in [0.717, 1.165) is 11.3 Å². The molecule has 3 rings (SSSR count). The topological polar surface area (TPSA) is 69.7 Å². The van der Waals surface area contributed by atoms with Crippen molar-refractivity contribution in [3.8, 4) is 0 Å². The van der Waals surface area contributed by atoms with E-state index < -0.39 is 10.0 Å². The lowest BCUT2D eigenvalue weighted by Crippen LogP contribution is -2.48. The maximum Gasteiger partial charge on any atom is 0.251 e. The van der Waals surface area contributed by atoms with Crippen LogP contribution in [0.2, 0.25) is 0 Å². The summed E-state index contributed by atoms with van der Waals surface area (Å²) < 4.78 is 27.9. The SMILES string of the molecule is CCNC(=O)c1cc(S(=O)(=O)N2CCN(c3cccc(C)c3C)CC2)ccc1C. The zero-order valence-electron chi connectivity index (χ0n) is 17.5. The van der Waals surface area contributed by atoms with Crippen LogP contribution in [0.1, 0.15) is 34.0 Å². The van der Waals surface area contributed by atoms with Gasteiger partial charge >= 0.3 is 0 Å². The largest absolute Gasteiger partial charge is 0.369 e. The molecule has 29 heavy (non-hydrogen) atoms. The third-order valence-electron chi connectivity index (χ3n) is 5.58.